The Morgan fingerprint density at radius 1 is 1.47 bits per heavy atom. The van der Waals surface area contributed by atoms with Gasteiger partial charge in [0.15, 0.2) is 5.76 Å². The van der Waals surface area contributed by atoms with Crippen LogP contribution >= 0.6 is 0 Å². The van der Waals surface area contributed by atoms with Crippen molar-refractivity contribution < 1.29 is 4.74 Å². The highest BCUT2D eigenvalue weighted by molar-refractivity contribution is 5.30. The van der Waals surface area contributed by atoms with E-state index >= 15 is 0 Å². The van der Waals surface area contributed by atoms with Crippen LogP contribution in [0.3, 0.4) is 0 Å². The summed E-state index contributed by atoms with van der Waals surface area (Å²) in [7, 11) is 0. The first-order chi connectivity index (χ1) is 7.22. The molecule has 0 saturated heterocycles. The van der Waals surface area contributed by atoms with E-state index in [2.05, 4.69) is 5.73 Å². The molecule has 78 valence electrons. The lowest BCUT2D eigenvalue weighted by Crippen LogP contribution is -1.84. The van der Waals surface area contributed by atoms with E-state index < -0.39 is 0 Å². The molecule has 0 radical (unpaired) electrons. The van der Waals surface area contributed by atoms with E-state index in [0.29, 0.717) is 0 Å². The lowest BCUT2D eigenvalue weighted by atomic mass is 10.3. The molecule has 15 heavy (non-hydrogen) atoms. The molecule has 0 N–H and O–H groups in total. The van der Waals surface area contributed by atoms with Crippen molar-refractivity contribution in [2.24, 2.45) is 0 Å². The molecule has 0 atom stereocenters. The molecule has 0 aromatic carbocycles. The zero-order chi connectivity index (χ0) is 11.1. The van der Waals surface area contributed by atoms with Gasteiger partial charge in [-0.05, 0) is 44.6 Å². The highest BCUT2D eigenvalue weighted by Crippen LogP contribution is 2.10. The molecule has 0 aromatic heterocycles. The summed E-state index contributed by atoms with van der Waals surface area (Å²) in [4.78, 5) is 0. The van der Waals surface area contributed by atoms with Crippen LogP contribution in [0.15, 0.2) is 65.4 Å². The van der Waals surface area contributed by atoms with Crippen molar-refractivity contribution in [1.29, 1.82) is 0 Å². The number of hydrogen-bond acceptors (Lipinski definition) is 1. The van der Waals surface area contributed by atoms with Crippen molar-refractivity contribution in [2.45, 2.75) is 20.8 Å². The summed E-state index contributed by atoms with van der Waals surface area (Å²) in [5.74, 6) is 1.59. The van der Waals surface area contributed by atoms with Crippen LogP contribution in [0.2, 0.25) is 0 Å². The molecule has 1 aliphatic rings. The van der Waals surface area contributed by atoms with Gasteiger partial charge in [-0.2, -0.15) is 0 Å². The maximum atomic E-state index is 5.59. The molecule has 1 heteroatoms. The van der Waals surface area contributed by atoms with E-state index in [4.69, 9.17) is 4.74 Å². The number of rotatable bonds is 3. The number of allylic oxidation sites excluding steroid dienone is 8. The summed E-state index contributed by atoms with van der Waals surface area (Å²) in [6.07, 6.45) is 13.6. The summed E-state index contributed by atoms with van der Waals surface area (Å²) in [6, 6.07) is 0. The van der Waals surface area contributed by atoms with Gasteiger partial charge in [0.05, 0.1) is 0 Å². The van der Waals surface area contributed by atoms with Crippen LogP contribution in [0.4, 0.5) is 0 Å². The standard InChI is InChI=1S/C14H16O/c1-4-5-8-13(3)15-14-9-6-7-12(2)10-11-14/h4-10H,1-3H3/b5-4-,13-8+. The van der Waals surface area contributed by atoms with Crippen LogP contribution in [-0.4, -0.2) is 0 Å². The van der Waals surface area contributed by atoms with Crippen molar-refractivity contribution in [3.63, 3.8) is 0 Å². The minimum Gasteiger partial charge on any atom is -0.454 e. The Kier molecular flexibility index (Phi) is 4.46. The maximum Gasteiger partial charge on any atom is 0.169 e. The molecule has 0 saturated carbocycles. The lowest BCUT2D eigenvalue weighted by molar-refractivity contribution is 0.323. The Balaban J connectivity index is 2.72. The Bertz CT molecular complexity index is 397. The normalized spacial score (nSPS) is 16.3. The van der Waals surface area contributed by atoms with Crippen LogP contribution in [0, 0.1) is 0 Å². The van der Waals surface area contributed by atoms with Gasteiger partial charge >= 0.3 is 0 Å². The third kappa shape index (κ3) is 4.35. The first kappa shape index (κ1) is 11.4. The van der Waals surface area contributed by atoms with Crippen LogP contribution in [-0.2, 0) is 4.74 Å². The van der Waals surface area contributed by atoms with Crippen LogP contribution in [0.25, 0.3) is 0 Å². The van der Waals surface area contributed by atoms with Gasteiger partial charge in [0.2, 0.25) is 0 Å². The minimum atomic E-state index is 0.737. The van der Waals surface area contributed by atoms with E-state index in [1.54, 1.807) is 0 Å². The quantitative estimate of drug-likeness (QED) is 0.379. The van der Waals surface area contributed by atoms with E-state index in [-0.39, 0.29) is 0 Å². The van der Waals surface area contributed by atoms with Gasteiger partial charge in [0.1, 0.15) is 5.76 Å². The van der Waals surface area contributed by atoms with Crippen molar-refractivity contribution in [3.8, 4) is 0 Å². The first-order valence-corrected chi connectivity index (χ1v) is 5.01. The highest BCUT2D eigenvalue weighted by atomic mass is 16.5. The van der Waals surface area contributed by atoms with Crippen LogP contribution < -0.4 is 0 Å². The Labute approximate surface area is 91.5 Å². The summed E-state index contributed by atoms with van der Waals surface area (Å²) in [6.45, 7) is 5.93. The van der Waals surface area contributed by atoms with E-state index in [1.165, 1.54) is 5.57 Å². The fraction of sp³-hybridized carbons (Fsp3) is 0.214. The lowest BCUT2D eigenvalue weighted by Gasteiger charge is -2.02. The fourth-order valence-corrected chi connectivity index (χ4v) is 1.07. The summed E-state index contributed by atoms with van der Waals surface area (Å²) in [5, 5.41) is 0. The van der Waals surface area contributed by atoms with Crippen LogP contribution in [0.1, 0.15) is 20.8 Å². The molecule has 0 bridgehead atoms. The zero-order valence-electron chi connectivity index (χ0n) is 9.45. The second kappa shape index (κ2) is 5.90. The largest absolute Gasteiger partial charge is 0.454 e. The van der Waals surface area contributed by atoms with Gasteiger partial charge in [0, 0.05) is 0 Å². The molecule has 0 spiro atoms. The molecule has 0 aromatic rings. The topological polar surface area (TPSA) is 9.23 Å². The second-order valence-corrected chi connectivity index (χ2v) is 3.33. The Morgan fingerprint density at radius 3 is 3.00 bits per heavy atom. The van der Waals surface area contributed by atoms with Gasteiger partial charge in [-0.3, -0.25) is 0 Å². The average Bonchev–Trinajstić information content (AvgIpc) is 2.41. The molecule has 0 unspecified atom stereocenters. The number of hydrogen-bond donors (Lipinski definition) is 0. The molecule has 1 nitrogen and oxygen atoms in total. The molecule has 1 rings (SSSR count). The molecule has 0 amide bonds. The first-order valence-electron chi connectivity index (χ1n) is 5.01. The van der Waals surface area contributed by atoms with Gasteiger partial charge in [-0.1, -0.05) is 30.0 Å². The van der Waals surface area contributed by atoms with Crippen molar-refractivity contribution in [3.05, 3.63) is 65.4 Å². The molecular weight excluding hydrogens is 184 g/mol. The smallest absolute Gasteiger partial charge is 0.169 e. The predicted octanol–water partition coefficient (Wildman–Crippen LogP) is 4.04. The summed E-state index contributed by atoms with van der Waals surface area (Å²) >= 11 is 0. The predicted molar refractivity (Wildman–Crippen MR) is 64.1 cm³/mol. The van der Waals surface area contributed by atoms with Gasteiger partial charge in [-0.15, -0.1) is 0 Å². The van der Waals surface area contributed by atoms with Crippen molar-refractivity contribution >= 4 is 0 Å². The second-order valence-electron chi connectivity index (χ2n) is 3.33. The number of ether oxygens (including phenoxy) is 1. The fourth-order valence-electron chi connectivity index (χ4n) is 1.07. The minimum absolute atomic E-state index is 0.737. The third-order valence-corrected chi connectivity index (χ3v) is 1.84. The van der Waals surface area contributed by atoms with Crippen molar-refractivity contribution in [2.75, 3.05) is 0 Å². The van der Waals surface area contributed by atoms with E-state index in [9.17, 15) is 0 Å². The molecule has 1 aliphatic carbocycles. The summed E-state index contributed by atoms with van der Waals surface area (Å²) < 4.78 is 5.59. The molecule has 0 heterocycles. The third-order valence-electron chi connectivity index (χ3n) is 1.84. The van der Waals surface area contributed by atoms with Crippen LogP contribution in [0.5, 0.6) is 0 Å². The summed E-state index contributed by atoms with van der Waals surface area (Å²) in [5.41, 5.74) is 4.25. The van der Waals surface area contributed by atoms with E-state index in [0.717, 1.165) is 11.5 Å². The highest BCUT2D eigenvalue weighted by Gasteiger charge is 1.95. The zero-order valence-corrected chi connectivity index (χ0v) is 9.45. The Morgan fingerprint density at radius 2 is 2.27 bits per heavy atom. The SMILES string of the molecule is C/C=C\C=C(/C)OC1=C=CC(C)=CC=C1. The van der Waals surface area contributed by atoms with E-state index in [1.807, 2.05) is 63.3 Å². The molecule has 0 fully saturated rings. The monoisotopic (exact) mass is 200 g/mol. The molecular formula is C14H16O. The van der Waals surface area contributed by atoms with Gasteiger partial charge in [-0.25, -0.2) is 0 Å². The van der Waals surface area contributed by atoms with Crippen molar-refractivity contribution in [1.82, 2.24) is 0 Å². The van der Waals surface area contributed by atoms with Gasteiger partial charge < -0.3 is 4.74 Å². The van der Waals surface area contributed by atoms with Gasteiger partial charge in [0.25, 0.3) is 0 Å². The maximum absolute atomic E-state index is 5.59. The average molecular weight is 200 g/mol. The Hall–Kier alpha value is -1.72. The molecule has 0 aliphatic heterocycles.